The SMILES string of the molecule is CN(C)c1ccc(N=C(c2ccccc2)C2C(=O)Nc3ccc(S(=O)(=O)NCC4CC4)cc32)cc1. The zero-order valence-corrected chi connectivity index (χ0v) is 20.5. The number of nitrogens with one attached hydrogen (secondary N) is 2. The van der Waals surface area contributed by atoms with E-state index >= 15 is 0 Å². The number of benzene rings is 3. The summed E-state index contributed by atoms with van der Waals surface area (Å²) in [6, 6.07) is 22.1. The molecule has 0 radical (unpaired) electrons. The number of rotatable bonds is 8. The van der Waals surface area contributed by atoms with Crippen LogP contribution in [0.25, 0.3) is 0 Å². The minimum atomic E-state index is -3.67. The van der Waals surface area contributed by atoms with Crippen LogP contribution >= 0.6 is 0 Å². The summed E-state index contributed by atoms with van der Waals surface area (Å²) >= 11 is 0. The van der Waals surface area contributed by atoms with Gasteiger partial charge in [-0.1, -0.05) is 30.3 Å². The number of anilines is 2. The number of sulfonamides is 1. The van der Waals surface area contributed by atoms with E-state index in [1.807, 2.05) is 73.6 Å². The van der Waals surface area contributed by atoms with Crippen molar-refractivity contribution in [2.24, 2.45) is 10.9 Å². The molecule has 2 N–H and O–H groups in total. The molecule has 0 saturated heterocycles. The normalized spacial score (nSPS) is 17.7. The molecule has 1 heterocycles. The van der Waals surface area contributed by atoms with Crippen molar-refractivity contribution < 1.29 is 13.2 Å². The van der Waals surface area contributed by atoms with E-state index in [0.29, 0.717) is 35.1 Å². The Morgan fingerprint density at radius 1 is 1.03 bits per heavy atom. The Hall–Kier alpha value is -3.49. The second-order valence-corrected chi connectivity index (χ2v) is 11.0. The first kappa shape index (κ1) is 23.3. The molecule has 0 aromatic heterocycles. The van der Waals surface area contributed by atoms with Gasteiger partial charge >= 0.3 is 0 Å². The number of aliphatic imine (C=N–C) groups is 1. The highest BCUT2D eigenvalue weighted by Crippen LogP contribution is 2.38. The minimum absolute atomic E-state index is 0.154. The number of carbonyl (C=O) groups excluding carboxylic acids is 1. The third kappa shape index (κ3) is 4.99. The Kier molecular flexibility index (Phi) is 6.17. The Morgan fingerprint density at radius 2 is 1.74 bits per heavy atom. The largest absolute Gasteiger partial charge is 0.378 e. The van der Waals surface area contributed by atoms with Crippen molar-refractivity contribution in [3.05, 3.63) is 83.9 Å². The van der Waals surface area contributed by atoms with Crippen LogP contribution in [0.3, 0.4) is 0 Å². The first-order valence-electron chi connectivity index (χ1n) is 11.7. The third-order valence-electron chi connectivity index (χ3n) is 6.38. The molecule has 3 aromatic rings. The van der Waals surface area contributed by atoms with Gasteiger partial charge in [0.1, 0.15) is 5.92 Å². The fourth-order valence-electron chi connectivity index (χ4n) is 4.18. The summed E-state index contributed by atoms with van der Waals surface area (Å²) in [5.41, 5.74) is 4.34. The van der Waals surface area contributed by atoms with Crippen molar-refractivity contribution in [3.8, 4) is 0 Å². The number of nitrogens with zero attached hydrogens (tertiary/aromatic N) is 2. The van der Waals surface area contributed by atoms with Crippen LogP contribution in [0.2, 0.25) is 0 Å². The van der Waals surface area contributed by atoms with Gasteiger partial charge in [0.05, 0.1) is 16.3 Å². The van der Waals surface area contributed by atoms with Gasteiger partial charge in [-0.05, 0) is 72.4 Å². The predicted molar refractivity (Wildman–Crippen MR) is 139 cm³/mol. The van der Waals surface area contributed by atoms with Gasteiger partial charge in [-0.25, -0.2) is 13.1 Å². The van der Waals surface area contributed by atoms with E-state index in [-0.39, 0.29) is 10.8 Å². The Balaban J connectivity index is 1.56. The van der Waals surface area contributed by atoms with Crippen LogP contribution < -0.4 is 14.9 Å². The molecule has 8 heteroatoms. The van der Waals surface area contributed by atoms with Crippen LogP contribution in [0.4, 0.5) is 17.1 Å². The first-order chi connectivity index (χ1) is 16.8. The van der Waals surface area contributed by atoms with E-state index in [1.54, 1.807) is 12.1 Å². The van der Waals surface area contributed by atoms with E-state index in [9.17, 15) is 13.2 Å². The molecule has 0 bridgehead atoms. The van der Waals surface area contributed by atoms with E-state index in [1.165, 1.54) is 6.07 Å². The van der Waals surface area contributed by atoms with Gasteiger partial charge in [-0.2, -0.15) is 0 Å². The van der Waals surface area contributed by atoms with Crippen LogP contribution in [0.1, 0.15) is 29.9 Å². The van der Waals surface area contributed by atoms with Gasteiger partial charge in [-0.15, -0.1) is 0 Å². The lowest BCUT2D eigenvalue weighted by Gasteiger charge is -2.16. The van der Waals surface area contributed by atoms with E-state index < -0.39 is 15.9 Å². The third-order valence-corrected chi connectivity index (χ3v) is 7.80. The molecule has 180 valence electrons. The minimum Gasteiger partial charge on any atom is -0.378 e. The number of hydrogen-bond donors (Lipinski definition) is 2. The maximum absolute atomic E-state index is 13.2. The number of carbonyl (C=O) groups is 1. The van der Waals surface area contributed by atoms with Crippen molar-refractivity contribution in [2.45, 2.75) is 23.7 Å². The second kappa shape index (κ2) is 9.28. The van der Waals surface area contributed by atoms with Crippen LogP contribution in [0.15, 0.2) is 82.7 Å². The van der Waals surface area contributed by atoms with E-state index in [0.717, 1.165) is 24.1 Å². The highest BCUT2D eigenvalue weighted by molar-refractivity contribution is 7.89. The molecule has 7 nitrogen and oxygen atoms in total. The Labute approximate surface area is 205 Å². The molecule has 3 aromatic carbocycles. The number of fused-ring (bicyclic) bond motifs is 1. The molecule has 5 rings (SSSR count). The molecule has 1 aliphatic carbocycles. The van der Waals surface area contributed by atoms with Crippen molar-refractivity contribution in [1.29, 1.82) is 0 Å². The fourth-order valence-corrected chi connectivity index (χ4v) is 5.33. The molecule has 0 spiro atoms. The summed E-state index contributed by atoms with van der Waals surface area (Å²) in [5, 5.41) is 2.90. The lowest BCUT2D eigenvalue weighted by Crippen LogP contribution is -2.26. The maximum Gasteiger partial charge on any atom is 0.240 e. The molecular formula is C27H28N4O3S. The second-order valence-electron chi connectivity index (χ2n) is 9.24. The van der Waals surface area contributed by atoms with Crippen LogP contribution in [-0.2, 0) is 14.8 Å². The zero-order valence-electron chi connectivity index (χ0n) is 19.7. The molecule has 1 atom stereocenters. The van der Waals surface area contributed by atoms with Crippen LogP contribution in [-0.4, -0.2) is 40.7 Å². The molecule has 1 unspecified atom stereocenters. The smallest absolute Gasteiger partial charge is 0.240 e. The standard InChI is InChI=1S/C27H28N4O3S/c1-31(2)21-12-10-20(11-13-21)29-26(19-6-4-3-5-7-19)25-23-16-22(14-15-24(23)30-27(25)32)35(33,34)28-17-18-8-9-18/h3-7,10-16,18,25,28H,8-9,17H2,1-2H3,(H,30,32). The lowest BCUT2D eigenvalue weighted by molar-refractivity contribution is -0.115. The van der Waals surface area contributed by atoms with Gasteiger partial charge in [0.2, 0.25) is 15.9 Å². The number of hydrogen-bond acceptors (Lipinski definition) is 5. The van der Waals surface area contributed by atoms with Gasteiger partial charge in [0.25, 0.3) is 0 Å². The predicted octanol–water partition coefficient (Wildman–Crippen LogP) is 4.30. The van der Waals surface area contributed by atoms with Gasteiger partial charge in [0, 0.05) is 32.0 Å². The number of amides is 1. The monoisotopic (exact) mass is 488 g/mol. The Morgan fingerprint density at radius 3 is 2.40 bits per heavy atom. The molecular weight excluding hydrogens is 460 g/mol. The van der Waals surface area contributed by atoms with Crippen molar-refractivity contribution in [2.75, 3.05) is 30.9 Å². The average Bonchev–Trinajstić information content (AvgIpc) is 3.63. The summed E-state index contributed by atoms with van der Waals surface area (Å²) < 4.78 is 28.5. The van der Waals surface area contributed by atoms with E-state index in [2.05, 4.69) is 10.0 Å². The maximum atomic E-state index is 13.2. The fraction of sp³-hybridized carbons (Fsp3) is 0.259. The molecule has 1 saturated carbocycles. The summed E-state index contributed by atoms with van der Waals surface area (Å²) in [6.45, 7) is 0.444. The molecule has 1 amide bonds. The Bertz CT molecular complexity index is 1380. The summed E-state index contributed by atoms with van der Waals surface area (Å²) in [7, 11) is 0.268. The molecule has 2 aliphatic rings. The summed E-state index contributed by atoms with van der Waals surface area (Å²) in [4.78, 5) is 20.3. The molecule has 35 heavy (non-hydrogen) atoms. The van der Waals surface area contributed by atoms with Crippen LogP contribution in [0.5, 0.6) is 0 Å². The molecule has 1 aliphatic heterocycles. The van der Waals surface area contributed by atoms with Gasteiger partial charge < -0.3 is 10.2 Å². The van der Waals surface area contributed by atoms with Gasteiger partial charge in [0.15, 0.2) is 0 Å². The highest BCUT2D eigenvalue weighted by atomic mass is 32.2. The van der Waals surface area contributed by atoms with Crippen molar-refractivity contribution >= 4 is 38.7 Å². The first-order valence-corrected chi connectivity index (χ1v) is 13.2. The molecule has 1 fully saturated rings. The quantitative estimate of drug-likeness (QED) is 0.463. The topological polar surface area (TPSA) is 90.9 Å². The van der Waals surface area contributed by atoms with Crippen molar-refractivity contribution in [3.63, 3.8) is 0 Å². The van der Waals surface area contributed by atoms with E-state index in [4.69, 9.17) is 4.99 Å². The van der Waals surface area contributed by atoms with Gasteiger partial charge in [-0.3, -0.25) is 9.79 Å². The average molecular weight is 489 g/mol. The van der Waals surface area contributed by atoms with Crippen LogP contribution in [0, 0.1) is 5.92 Å². The summed E-state index contributed by atoms with van der Waals surface area (Å²) in [5.74, 6) is -0.543. The van der Waals surface area contributed by atoms with Crippen molar-refractivity contribution in [1.82, 2.24) is 4.72 Å². The highest BCUT2D eigenvalue weighted by Gasteiger charge is 2.36. The summed E-state index contributed by atoms with van der Waals surface area (Å²) in [6.07, 6.45) is 2.11. The zero-order chi connectivity index (χ0) is 24.6. The lowest BCUT2D eigenvalue weighted by atomic mass is 9.90.